The van der Waals surface area contributed by atoms with Gasteiger partial charge in [-0.05, 0) is 6.07 Å². The van der Waals surface area contributed by atoms with Gasteiger partial charge in [0.25, 0.3) is 6.43 Å². The summed E-state index contributed by atoms with van der Waals surface area (Å²) in [5, 5.41) is 8.83. The molecule has 0 radical (unpaired) electrons. The molecule has 0 unspecified atom stereocenters. The van der Waals surface area contributed by atoms with Crippen molar-refractivity contribution in [2.75, 3.05) is 7.11 Å². The summed E-state index contributed by atoms with van der Waals surface area (Å²) in [4.78, 5) is 0. The number of para-hydroxylation sites is 1. The molecule has 72 valence electrons. The summed E-state index contributed by atoms with van der Waals surface area (Å²) in [6, 6.07) is 4.29. The van der Waals surface area contributed by atoms with Crippen LogP contribution in [0.2, 0.25) is 0 Å². The van der Waals surface area contributed by atoms with Gasteiger partial charge < -0.3 is 9.84 Å². The van der Waals surface area contributed by atoms with Crippen molar-refractivity contribution in [2.24, 2.45) is 0 Å². The summed E-state index contributed by atoms with van der Waals surface area (Å²) >= 11 is 0. The van der Waals surface area contributed by atoms with E-state index in [4.69, 9.17) is 9.84 Å². The van der Waals surface area contributed by atoms with Crippen molar-refractivity contribution in [3.05, 3.63) is 29.3 Å². The molecule has 1 aromatic carbocycles. The Labute approximate surface area is 74.8 Å². The summed E-state index contributed by atoms with van der Waals surface area (Å²) in [7, 11) is 1.31. The topological polar surface area (TPSA) is 29.5 Å². The van der Waals surface area contributed by atoms with E-state index in [2.05, 4.69) is 0 Å². The van der Waals surface area contributed by atoms with E-state index in [9.17, 15) is 8.78 Å². The van der Waals surface area contributed by atoms with Gasteiger partial charge in [0.1, 0.15) is 5.75 Å². The molecule has 0 atom stereocenters. The lowest BCUT2D eigenvalue weighted by Crippen LogP contribution is -1.97. The van der Waals surface area contributed by atoms with Crippen LogP contribution in [0.1, 0.15) is 17.6 Å². The number of methoxy groups -OCH3 is 1. The van der Waals surface area contributed by atoms with E-state index in [1.807, 2.05) is 0 Å². The third-order valence-corrected chi connectivity index (χ3v) is 1.74. The second-order valence-electron chi connectivity index (χ2n) is 2.50. The van der Waals surface area contributed by atoms with Crippen LogP contribution in [0.5, 0.6) is 5.75 Å². The van der Waals surface area contributed by atoms with Gasteiger partial charge >= 0.3 is 0 Å². The number of ether oxygens (including phenoxy) is 1. The maximum atomic E-state index is 12.4. The highest BCUT2D eigenvalue weighted by Gasteiger charge is 2.15. The van der Waals surface area contributed by atoms with Crippen molar-refractivity contribution in [3.63, 3.8) is 0 Å². The van der Waals surface area contributed by atoms with Gasteiger partial charge in [-0.1, -0.05) is 12.1 Å². The lowest BCUT2D eigenvalue weighted by Gasteiger charge is -2.10. The zero-order valence-electron chi connectivity index (χ0n) is 7.13. The van der Waals surface area contributed by atoms with Gasteiger partial charge in [-0.2, -0.15) is 0 Å². The molecule has 0 fully saturated rings. The van der Waals surface area contributed by atoms with Gasteiger partial charge in [-0.25, -0.2) is 8.78 Å². The van der Waals surface area contributed by atoms with Crippen molar-refractivity contribution in [1.29, 1.82) is 0 Å². The molecule has 13 heavy (non-hydrogen) atoms. The maximum Gasteiger partial charge on any atom is 0.267 e. The summed E-state index contributed by atoms with van der Waals surface area (Å²) < 4.78 is 29.5. The van der Waals surface area contributed by atoms with E-state index < -0.39 is 6.43 Å². The number of hydrogen-bond acceptors (Lipinski definition) is 2. The quantitative estimate of drug-likeness (QED) is 0.787. The number of aliphatic hydroxyl groups excluding tert-OH is 1. The van der Waals surface area contributed by atoms with Crippen molar-refractivity contribution in [2.45, 2.75) is 13.0 Å². The Balaban J connectivity index is 3.19. The van der Waals surface area contributed by atoms with Crippen LogP contribution in [-0.4, -0.2) is 12.2 Å². The molecule has 0 saturated heterocycles. The molecule has 0 aliphatic heterocycles. The Hall–Kier alpha value is -1.16. The van der Waals surface area contributed by atoms with Crippen LogP contribution in [0.3, 0.4) is 0 Å². The van der Waals surface area contributed by atoms with E-state index in [0.717, 1.165) is 0 Å². The number of benzene rings is 1. The molecule has 0 aliphatic carbocycles. The lowest BCUT2D eigenvalue weighted by molar-refractivity contribution is 0.146. The predicted molar refractivity (Wildman–Crippen MR) is 43.9 cm³/mol. The van der Waals surface area contributed by atoms with Crippen LogP contribution in [0.4, 0.5) is 8.78 Å². The Kier molecular flexibility index (Phi) is 3.19. The van der Waals surface area contributed by atoms with Crippen LogP contribution in [-0.2, 0) is 6.61 Å². The zero-order chi connectivity index (χ0) is 9.84. The highest BCUT2D eigenvalue weighted by Crippen LogP contribution is 2.31. The fourth-order valence-corrected chi connectivity index (χ4v) is 1.15. The molecule has 4 heteroatoms. The van der Waals surface area contributed by atoms with Gasteiger partial charge in [0.15, 0.2) is 0 Å². The van der Waals surface area contributed by atoms with Crippen molar-refractivity contribution < 1.29 is 18.6 Å². The molecule has 1 rings (SSSR count). The normalized spacial score (nSPS) is 10.5. The molecule has 0 spiro atoms. The Morgan fingerprint density at radius 1 is 1.46 bits per heavy atom. The standard InChI is InChI=1S/C9H10F2O2/c1-13-8-6(5-12)3-2-4-7(8)9(10)11/h2-4,9,12H,5H2,1H3. The van der Waals surface area contributed by atoms with Gasteiger partial charge in [-0.3, -0.25) is 0 Å². The highest BCUT2D eigenvalue weighted by atomic mass is 19.3. The smallest absolute Gasteiger partial charge is 0.267 e. The molecule has 2 nitrogen and oxygen atoms in total. The number of rotatable bonds is 3. The summed E-state index contributed by atoms with van der Waals surface area (Å²) in [6.45, 7) is -0.302. The van der Waals surface area contributed by atoms with Crippen LogP contribution < -0.4 is 4.74 Å². The average molecular weight is 188 g/mol. The third-order valence-electron chi connectivity index (χ3n) is 1.74. The molecule has 0 aromatic heterocycles. The minimum Gasteiger partial charge on any atom is -0.496 e. The molecular formula is C9H10F2O2. The lowest BCUT2D eigenvalue weighted by atomic mass is 10.1. The Morgan fingerprint density at radius 3 is 2.62 bits per heavy atom. The maximum absolute atomic E-state index is 12.4. The van der Waals surface area contributed by atoms with Crippen LogP contribution in [0.15, 0.2) is 18.2 Å². The van der Waals surface area contributed by atoms with E-state index in [0.29, 0.717) is 5.56 Å². The van der Waals surface area contributed by atoms with E-state index >= 15 is 0 Å². The molecule has 0 saturated carbocycles. The summed E-state index contributed by atoms with van der Waals surface area (Å²) in [5.74, 6) is 0.0694. The number of halogens is 2. The molecule has 1 aromatic rings. The molecule has 0 aliphatic rings. The van der Waals surface area contributed by atoms with Gasteiger partial charge in [-0.15, -0.1) is 0 Å². The van der Waals surface area contributed by atoms with Gasteiger partial charge in [0.05, 0.1) is 19.3 Å². The molecule has 0 heterocycles. The molecule has 1 N–H and O–H groups in total. The summed E-state index contributed by atoms with van der Waals surface area (Å²) in [6.07, 6.45) is -2.58. The van der Waals surface area contributed by atoms with Crippen molar-refractivity contribution >= 4 is 0 Å². The van der Waals surface area contributed by atoms with Crippen molar-refractivity contribution in [1.82, 2.24) is 0 Å². The first-order valence-corrected chi connectivity index (χ1v) is 3.75. The monoisotopic (exact) mass is 188 g/mol. The van der Waals surface area contributed by atoms with E-state index in [1.165, 1.54) is 19.2 Å². The number of aliphatic hydroxyl groups is 1. The van der Waals surface area contributed by atoms with Crippen LogP contribution in [0, 0.1) is 0 Å². The SMILES string of the molecule is COc1c(CO)cccc1C(F)F. The number of alkyl halides is 2. The first kappa shape index (κ1) is 9.92. The Morgan fingerprint density at radius 2 is 2.15 bits per heavy atom. The second-order valence-corrected chi connectivity index (χ2v) is 2.50. The first-order chi connectivity index (χ1) is 6.20. The van der Waals surface area contributed by atoms with E-state index in [-0.39, 0.29) is 17.9 Å². The number of hydrogen-bond donors (Lipinski definition) is 1. The van der Waals surface area contributed by atoms with Gasteiger partial charge in [0.2, 0.25) is 0 Å². The minimum absolute atomic E-state index is 0.0694. The van der Waals surface area contributed by atoms with Crippen LogP contribution in [0.25, 0.3) is 0 Å². The zero-order valence-corrected chi connectivity index (χ0v) is 7.13. The predicted octanol–water partition coefficient (Wildman–Crippen LogP) is 2.13. The fraction of sp³-hybridized carbons (Fsp3) is 0.333. The van der Waals surface area contributed by atoms with Gasteiger partial charge in [0, 0.05) is 5.56 Å². The Bertz CT molecular complexity index is 287. The van der Waals surface area contributed by atoms with E-state index in [1.54, 1.807) is 6.07 Å². The first-order valence-electron chi connectivity index (χ1n) is 3.75. The average Bonchev–Trinajstić information content (AvgIpc) is 2.16. The summed E-state index contributed by atoms with van der Waals surface area (Å²) in [5.41, 5.74) is 0.189. The minimum atomic E-state index is -2.58. The van der Waals surface area contributed by atoms with Crippen molar-refractivity contribution in [3.8, 4) is 5.75 Å². The largest absolute Gasteiger partial charge is 0.496 e. The van der Waals surface area contributed by atoms with Crippen LogP contribution >= 0.6 is 0 Å². The molecule has 0 bridgehead atoms. The fourth-order valence-electron chi connectivity index (χ4n) is 1.15. The second kappa shape index (κ2) is 4.18. The molecular weight excluding hydrogens is 178 g/mol. The highest BCUT2D eigenvalue weighted by molar-refractivity contribution is 5.41. The molecule has 0 amide bonds. The third kappa shape index (κ3) is 1.95.